The summed E-state index contributed by atoms with van der Waals surface area (Å²) in [4.78, 5) is 72.9. The second-order valence-electron chi connectivity index (χ2n) is 17.6. The lowest BCUT2D eigenvalue weighted by Gasteiger charge is -2.35. The van der Waals surface area contributed by atoms with Crippen molar-refractivity contribution in [3.8, 4) is 11.5 Å². The summed E-state index contributed by atoms with van der Waals surface area (Å²) < 4.78 is 88.8. The number of anilines is 2. The molecule has 0 saturated carbocycles. The van der Waals surface area contributed by atoms with Crippen LogP contribution in [0.5, 0.6) is 11.5 Å². The van der Waals surface area contributed by atoms with E-state index >= 15 is 0 Å². The van der Waals surface area contributed by atoms with Crippen LogP contribution in [0.2, 0.25) is 0 Å². The van der Waals surface area contributed by atoms with Crippen LogP contribution < -0.4 is 24.6 Å². The number of halogens is 6. The first kappa shape index (κ1) is 56.5. The van der Waals surface area contributed by atoms with Crippen molar-refractivity contribution in [1.82, 2.24) is 39.3 Å². The standard InChI is InChI=1S/C25H26F3N5O3.C17H17F3N2O4.C10H15N3/c1-17-3-8-22(29-15-17)32-9-11-33(12-10-32)24(35)23-30-19(16-31(23)2)14-20(34)13-18-4-6-21(7-5-18)36-25(26,27)28;1-3-25-16(24)15-21-12(10-22(15)2)9-13(23)8-11-4-6-14(7-5-11)26-17(18,19)20;1-9-2-3-10(12-8-9)13-6-4-11-5-7-13/h3-8,15-16H,9-14H2,1-2H3;4-7,10H,3,8-9H2,1-2H3;2-3,8,11H,4-7H2,1H3. The number of nitrogens with zero attached hydrogens (tertiary/aromatic N) is 9. The molecular weight excluding hydrogens is 991 g/mol. The summed E-state index contributed by atoms with van der Waals surface area (Å²) in [5.74, 6) is 0.512. The third kappa shape index (κ3) is 18.0. The number of ketones is 2. The molecule has 6 heterocycles. The monoisotopic (exact) mass is 1050 g/mol. The summed E-state index contributed by atoms with van der Waals surface area (Å²) in [6.45, 7) is 12.6. The van der Waals surface area contributed by atoms with Crippen molar-refractivity contribution >= 4 is 35.1 Å². The maximum atomic E-state index is 13.1. The van der Waals surface area contributed by atoms with Crippen LogP contribution in [0.1, 0.15) is 61.8 Å². The molecule has 17 nitrogen and oxygen atoms in total. The number of pyridine rings is 2. The van der Waals surface area contributed by atoms with Gasteiger partial charge in [-0.2, -0.15) is 0 Å². The second kappa shape index (κ2) is 25.9. The zero-order chi connectivity index (χ0) is 54.3. The number of nitrogens with one attached hydrogen (secondary N) is 1. The Hall–Kier alpha value is -7.82. The number of rotatable bonds is 15. The van der Waals surface area contributed by atoms with Gasteiger partial charge in [-0.05, 0) is 79.4 Å². The number of hydrogen-bond acceptors (Lipinski definition) is 14. The van der Waals surface area contributed by atoms with Crippen molar-refractivity contribution in [2.45, 2.75) is 59.2 Å². The fourth-order valence-electron chi connectivity index (χ4n) is 7.88. The highest BCUT2D eigenvalue weighted by Crippen LogP contribution is 2.25. The number of carbonyl (C=O) groups is 4. The summed E-state index contributed by atoms with van der Waals surface area (Å²) in [6.07, 6.45) is -2.51. The number of aromatic nitrogens is 6. The van der Waals surface area contributed by atoms with E-state index in [9.17, 15) is 45.5 Å². The Labute approximate surface area is 429 Å². The molecule has 0 atom stereocenters. The van der Waals surface area contributed by atoms with Crippen molar-refractivity contribution in [1.29, 1.82) is 0 Å². The van der Waals surface area contributed by atoms with Crippen LogP contribution in [0.3, 0.4) is 0 Å². The molecule has 6 aromatic rings. The van der Waals surface area contributed by atoms with Gasteiger partial charge in [-0.15, -0.1) is 26.3 Å². The normalized spacial score (nSPS) is 13.7. The van der Waals surface area contributed by atoms with Gasteiger partial charge in [0.15, 0.2) is 5.82 Å². The molecule has 0 spiro atoms. The predicted molar refractivity (Wildman–Crippen MR) is 265 cm³/mol. The number of benzene rings is 2. The molecule has 0 unspecified atom stereocenters. The molecule has 0 aliphatic carbocycles. The number of Topliss-reactive ketones (excluding diaryl/α,β-unsaturated/α-hetero) is 2. The quantitative estimate of drug-likeness (QED) is 0.0822. The van der Waals surface area contributed by atoms with Crippen LogP contribution in [0.4, 0.5) is 38.0 Å². The number of esters is 1. The van der Waals surface area contributed by atoms with Gasteiger partial charge in [-0.3, -0.25) is 14.4 Å². The molecule has 400 valence electrons. The molecule has 1 amide bonds. The zero-order valence-electron chi connectivity index (χ0n) is 42.1. The summed E-state index contributed by atoms with van der Waals surface area (Å²) in [7, 11) is 3.33. The van der Waals surface area contributed by atoms with E-state index in [-0.39, 0.29) is 72.9 Å². The van der Waals surface area contributed by atoms with E-state index in [1.54, 1.807) is 42.9 Å². The molecule has 23 heteroatoms. The average molecular weight is 1050 g/mol. The number of carbonyl (C=O) groups excluding carboxylic acids is 4. The lowest BCUT2D eigenvalue weighted by atomic mass is 10.1. The van der Waals surface area contributed by atoms with E-state index in [1.807, 2.05) is 31.5 Å². The Kier molecular flexibility index (Phi) is 19.5. The van der Waals surface area contributed by atoms with Gasteiger partial charge < -0.3 is 43.4 Å². The van der Waals surface area contributed by atoms with Crippen LogP contribution in [-0.4, -0.2) is 129 Å². The molecule has 75 heavy (non-hydrogen) atoms. The van der Waals surface area contributed by atoms with Crippen LogP contribution in [-0.2, 0) is 54.1 Å². The predicted octanol–water partition coefficient (Wildman–Crippen LogP) is 6.99. The Morgan fingerprint density at radius 2 is 1.00 bits per heavy atom. The van der Waals surface area contributed by atoms with E-state index < -0.39 is 18.7 Å². The molecule has 2 aromatic carbocycles. The summed E-state index contributed by atoms with van der Waals surface area (Å²) in [5, 5.41) is 3.33. The first-order chi connectivity index (χ1) is 35.6. The second-order valence-corrected chi connectivity index (χ2v) is 17.6. The van der Waals surface area contributed by atoms with Gasteiger partial charge in [0.2, 0.25) is 5.82 Å². The number of amides is 1. The van der Waals surface area contributed by atoms with Crippen LogP contribution in [0.15, 0.2) is 97.6 Å². The minimum atomic E-state index is -4.77. The van der Waals surface area contributed by atoms with Gasteiger partial charge in [0.25, 0.3) is 5.91 Å². The molecule has 0 radical (unpaired) electrons. The molecule has 2 aliphatic heterocycles. The largest absolute Gasteiger partial charge is 0.573 e. The number of alkyl halides is 6. The highest BCUT2D eigenvalue weighted by atomic mass is 19.4. The third-order valence-corrected chi connectivity index (χ3v) is 11.5. The summed E-state index contributed by atoms with van der Waals surface area (Å²) in [5.41, 5.74) is 4.29. The lowest BCUT2D eigenvalue weighted by Crippen LogP contribution is -2.49. The Morgan fingerprint density at radius 1 is 0.573 bits per heavy atom. The van der Waals surface area contributed by atoms with Crippen molar-refractivity contribution in [2.24, 2.45) is 14.1 Å². The van der Waals surface area contributed by atoms with Gasteiger partial charge in [-0.1, -0.05) is 36.4 Å². The van der Waals surface area contributed by atoms with Crippen LogP contribution >= 0.6 is 0 Å². The SMILES string of the molecule is CCOC(=O)c1nc(CC(=O)Cc2ccc(OC(F)(F)F)cc2)cn1C.Cc1ccc(N2CCN(C(=O)c3nc(CC(=O)Cc4ccc(OC(F)(F)F)cc4)cn3C)CC2)nc1.Cc1ccc(N2CCNCC2)nc1. The smallest absolute Gasteiger partial charge is 0.460 e. The summed E-state index contributed by atoms with van der Waals surface area (Å²) >= 11 is 0. The topological polar surface area (TPSA) is 179 Å². The van der Waals surface area contributed by atoms with Crippen molar-refractivity contribution in [3.05, 3.63) is 143 Å². The van der Waals surface area contributed by atoms with Crippen LogP contribution in [0.25, 0.3) is 0 Å². The molecule has 4 aromatic heterocycles. The van der Waals surface area contributed by atoms with E-state index in [0.717, 1.165) is 55.5 Å². The first-order valence-corrected chi connectivity index (χ1v) is 23.9. The highest BCUT2D eigenvalue weighted by molar-refractivity contribution is 5.91. The fourth-order valence-corrected chi connectivity index (χ4v) is 7.88. The van der Waals surface area contributed by atoms with Crippen molar-refractivity contribution < 1.29 is 59.7 Å². The van der Waals surface area contributed by atoms with E-state index in [4.69, 9.17) is 4.74 Å². The number of aryl methyl sites for hydroxylation is 4. The Morgan fingerprint density at radius 3 is 1.41 bits per heavy atom. The van der Waals surface area contributed by atoms with Gasteiger partial charge in [0, 0.05) is 104 Å². The van der Waals surface area contributed by atoms with Gasteiger partial charge in [0.1, 0.15) is 34.7 Å². The van der Waals surface area contributed by atoms with E-state index in [0.29, 0.717) is 48.7 Å². The van der Waals surface area contributed by atoms with Crippen LogP contribution in [0, 0.1) is 13.8 Å². The fraction of sp³-hybridized carbons (Fsp3) is 0.385. The van der Waals surface area contributed by atoms with Crippen molar-refractivity contribution in [3.63, 3.8) is 0 Å². The number of hydrogen-bond donors (Lipinski definition) is 1. The first-order valence-electron chi connectivity index (χ1n) is 23.9. The zero-order valence-corrected chi connectivity index (χ0v) is 42.1. The van der Waals surface area contributed by atoms with E-state index in [2.05, 4.69) is 63.6 Å². The van der Waals surface area contributed by atoms with Gasteiger partial charge >= 0.3 is 18.7 Å². The molecule has 1 N–H and O–H groups in total. The maximum absolute atomic E-state index is 13.1. The molecule has 8 rings (SSSR count). The summed E-state index contributed by atoms with van der Waals surface area (Å²) in [6, 6.07) is 18.4. The third-order valence-electron chi connectivity index (χ3n) is 11.5. The number of ether oxygens (including phenoxy) is 3. The average Bonchev–Trinajstić information content (AvgIpc) is 3.92. The minimum Gasteiger partial charge on any atom is -0.460 e. The maximum Gasteiger partial charge on any atom is 0.573 e. The Bertz CT molecular complexity index is 2820. The van der Waals surface area contributed by atoms with E-state index in [1.165, 1.54) is 46.5 Å². The molecular formula is C52H58F6N10O7. The molecule has 2 fully saturated rings. The van der Waals surface area contributed by atoms with Crippen molar-refractivity contribution in [2.75, 3.05) is 68.8 Å². The number of imidazole rings is 2. The molecule has 2 aliphatic rings. The minimum absolute atomic E-state index is 0.00591. The lowest BCUT2D eigenvalue weighted by molar-refractivity contribution is -0.275. The van der Waals surface area contributed by atoms with Gasteiger partial charge in [0.05, 0.1) is 30.8 Å². The van der Waals surface area contributed by atoms with Gasteiger partial charge in [-0.25, -0.2) is 24.7 Å². The highest BCUT2D eigenvalue weighted by Gasteiger charge is 2.32. The molecule has 0 bridgehead atoms. The number of piperazine rings is 2. The Balaban J connectivity index is 0.000000203. The molecule has 2 saturated heterocycles.